The highest BCUT2D eigenvalue weighted by molar-refractivity contribution is 6.32. The minimum Gasteiger partial charge on any atom is -0.507 e. The second-order valence-electron chi connectivity index (χ2n) is 11.1. The second-order valence-corrected chi connectivity index (χ2v) is 11.5. The number of carbonyl (C=O) groups is 1. The van der Waals surface area contributed by atoms with Gasteiger partial charge in [-0.3, -0.25) is 4.79 Å². The van der Waals surface area contributed by atoms with Gasteiger partial charge in [-0.05, 0) is 25.0 Å². The van der Waals surface area contributed by atoms with Gasteiger partial charge in [0.1, 0.15) is 17.2 Å². The van der Waals surface area contributed by atoms with Gasteiger partial charge in [0.05, 0.1) is 30.5 Å². The molecule has 0 spiro atoms. The Morgan fingerprint density at radius 2 is 1.41 bits per heavy atom. The van der Waals surface area contributed by atoms with E-state index in [1.165, 1.54) is 38.5 Å². The van der Waals surface area contributed by atoms with E-state index < -0.39 is 5.91 Å². The van der Waals surface area contributed by atoms with Crippen LogP contribution < -0.4 is 52.8 Å². The molecule has 0 radical (unpaired) electrons. The number of amides is 1. The molecule has 5 rings (SSSR count). The van der Waals surface area contributed by atoms with Crippen molar-refractivity contribution < 1.29 is 19.4 Å². The number of aromatic nitrogens is 3. The zero-order chi connectivity index (χ0) is 31.5. The topological polar surface area (TPSA) is 229 Å². The van der Waals surface area contributed by atoms with Gasteiger partial charge in [-0.15, -0.1) is 0 Å². The molecule has 2 aliphatic heterocycles. The average Bonchev–Trinajstić information content (AvgIpc) is 2.96. The third-order valence-electron chi connectivity index (χ3n) is 7.43. The van der Waals surface area contributed by atoms with Gasteiger partial charge in [0.15, 0.2) is 0 Å². The molecule has 11 N–H and O–H groups in total. The monoisotopic (exact) mass is 627 g/mol. The van der Waals surface area contributed by atoms with Crippen LogP contribution in [0.4, 0.5) is 29.2 Å². The molecule has 1 aromatic heterocycles. The fourth-order valence-electron chi connectivity index (χ4n) is 5.45. The van der Waals surface area contributed by atoms with E-state index in [0.717, 1.165) is 0 Å². The molecule has 0 saturated carbocycles. The van der Waals surface area contributed by atoms with Crippen LogP contribution in [0.2, 0.25) is 5.02 Å². The Hall–Kier alpha value is -4.15. The number of methoxy groups -OCH3 is 2. The average molecular weight is 628 g/mol. The predicted molar refractivity (Wildman–Crippen MR) is 169 cm³/mol. The van der Waals surface area contributed by atoms with Crippen molar-refractivity contribution in [3.05, 3.63) is 40.9 Å². The third kappa shape index (κ3) is 7.14. The van der Waals surface area contributed by atoms with Gasteiger partial charge in [0.25, 0.3) is 5.91 Å². The lowest BCUT2D eigenvalue weighted by atomic mass is 10.0. The third-order valence-corrected chi connectivity index (χ3v) is 7.72. The molecule has 15 nitrogen and oxygen atoms in total. The van der Waals surface area contributed by atoms with Crippen LogP contribution in [-0.4, -0.2) is 90.5 Å². The maximum Gasteiger partial charge on any atom is 0.259 e. The molecule has 0 aliphatic carbocycles. The van der Waals surface area contributed by atoms with Crippen LogP contribution >= 0.6 is 11.6 Å². The van der Waals surface area contributed by atoms with Crippen molar-refractivity contribution in [2.75, 3.05) is 60.8 Å². The summed E-state index contributed by atoms with van der Waals surface area (Å²) >= 11 is 6.17. The molecule has 3 aromatic rings. The minimum absolute atomic E-state index is 0.0242. The lowest BCUT2D eigenvalue weighted by Gasteiger charge is -2.37. The van der Waals surface area contributed by atoms with E-state index in [4.69, 9.17) is 49.0 Å². The summed E-state index contributed by atoms with van der Waals surface area (Å²) in [4.78, 5) is 31.0. The van der Waals surface area contributed by atoms with E-state index in [9.17, 15) is 9.90 Å². The van der Waals surface area contributed by atoms with E-state index in [0.29, 0.717) is 78.8 Å². The maximum absolute atomic E-state index is 13.1. The van der Waals surface area contributed by atoms with Gasteiger partial charge in [-0.25, -0.2) is 0 Å². The van der Waals surface area contributed by atoms with Crippen LogP contribution in [0.1, 0.15) is 23.2 Å². The van der Waals surface area contributed by atoms with Crippen LogP contribution in [-0.2, 0) is 0 Å². The number of piperidine rings is 2. The zero-order valence-electron chi connectivity index (χ0n) is 24.5. The van der Waals surface area contributed by atoms with Crippen LogP contribution in [0.15, 0.2) is 30.3 Å². The Morgan fingerprint density at radius 3 is 1.91 bits per heavy atom. The molecule has 0 bridgehead atoms. The van der Waals surface area contributed by atoms with E-state index in [1.807, 2.05) is 9.80 Å². The summed E-state index contributed by atoms with van der Waals surface area (Å²) in [5.74, 6) is 0.867. The van der Waals surface area contributed by atoms with Crippen molar-refractivity contribution in [1.29, 1.82) is 0 Å². The summed E-state index contributed by atoms with van der Waals surface area (Å²) in [6, 6.07) is 7.04. The van der Waals surface area contributed by atoms with Gasteiger partial charge in [-0.1, -0.05) is 11.6 Å². The van der Waals surface area contributed by atoms with E-state index in [1.54, 1.807) is 6.07 Å². The molecule has 2 aliphatic rings. The van der Waals surface area contributed by atoms with Crippen LogP contribution in [0.25, 0.3) is 0 Å². The number of carbonyl (C=O) groups excluding carboxylic acids is 1. The molecule has 1 amide bonds. The van der Waals surface area contributed by atoms with Crippen molar-refractivity contribution in [1.82, 2.24) is 15.0 Å². The number of hydrogen-bond acceptors (Lipinski definition) is 14. The number of nitrogens with one attached hydrogen (secondary N) is 2. The summed E-state index contributed by atoms with van der Waals surface area (Å²) in [5, 5.41) is 17.0. The highest BCUT2D eigenvalue weighted by atomic mass is 35.5. The van der Waals surface area contributed by atoms with Crippen molar-refractivity contribution >= 4 is 46.7 Å². The summed E-state index contributed by atoms with van der Waals surface area (Å²) in [6.45, 7) is 2.13. The molecular formula is C28H38ClN11O4. The Kier molecular flexibility index (Phi) is 9.41. The molecule has 2 aromatic carbocycles. The van der Waals surface area contributed by atoms with E-state index in [2.05, 4.69) is 20.6 Å². The summed E-state index contributed by atoms with van der Waals surface area (Å²) in [5.41, 5.74) is 25.7. The highest BCUT2D eigenvalue weighted by Crippen LogP contribution is 2.36. The van der Waals surface area contributed by atoms with Crippen molar-refractivity contribution in [2.45, 2.75) is 37.0 Å². The van der Waals surface area contributed by atoms with E-state index in [-0.39, 0.29) is 41.4 Å². The lowest BCUT2D eigenvalue weighted by molar-refractivity contribution is 0.102. The summed E-state index contributed by atoms with van der Waals surface area (Å²) in [6.07, 6.45) is 1.40. The number of aromatic hydroxyl groups is 1. The van der Waals surface area contributed by atoms with Crippen molar-refractivity contribution in [2.24, 2.45) is 22.9 Å². The number of phenols is 1. The van der Waals surface area contributed by atoms with E-state index >= 15 is 0 Å². The van der Waals surface area contributed by atoms with Gasteiger partial charge in [0, 0.05) is 74.2 Å². The Morgan fingerprint density at radius 1 is 0.864 bits per heavy atom. The number of benzene rings is 2. The summed E-state index contributed by atoms with van der Waals surface area (Å²) < 4.78 is 10.6. The van der Waals surface area contributed by atoms with Crippen LogP contribution in [0, 0.1) is 0 Å². The smallest absolute Gasteiger partial charge is 0.259 e. The van der Waals surface area contributed by atoms with Crippen molar-refractivity contribution in [3.8, 4) is 17.2 Å². The Balaban J connectivity index is 1.40. The number of nitrogens with two attached hydrogens (primary N) is 4. The predicted octanol–water partition coefficient (Wildman–Crippen LogP) is 0.973. The fourth-order valence-corrected chi connectivity index (χ4v) is 5.69. The molecular weight excluding hydrogens is 590 g/mol. The summed E-state index contributed by atoms with van der Waals surface area (Å²) in [7, 11) is 2.91. The maximum atomic E-state index is 13.1. The first-order chi connectivity index (χ1) is 21.0. The normalized spacial score (nSPS) is 22.0. The van der Waals surface area contributed by atoms with Gasteiger partial charge < -0.3 is 57.9 Å². The van der Waals surface area contributed by atoms with Gasteiger partial charge >= 0.3 is 0 Å². The molecule has 2 fully saturated rings. The molecule has 44 heavy (non-hydrogen) atoms. The van der Waals surface area contributed by atoms with Crippen molar-refractivity contribution in [3.63, 3.8) is 0 Å². The van der Waals surface area contributed by atoms with Crippen LogP contribution in [0.3, 0.4) is 0 Å². The number of nitrogens with zero attached hydrogens (tertiary/aromatic N) is 5. The first-order valence-corrected chi connectivity index (χ1v) is 14.5. The molecule has 2 saturated heterocycles. The Bertz CT molecular complexity index is 1450. The largest absolute Gasteiger partial charge is 0.507 e. The first-order valence-electron chi connectivity index (χ1n) is 14.1. The standard InChI is InChI=1S/C28H38ClN11O4/c1-43-23-9-21(24(44-2)8-20(23)29)35-25(42)19-4-3-18(7-22(19)41)34-26-36-27(39-10-14(30)5-15(31)11-39)38-28(37-26)40-12-16(32)6-17(33)13-40/h3-4,7-9,14-17,41H,5-6,10-13,30-33H2,1-2H3,(H,35,42)(H,34,36,37,38)/t14-,15+,16-,17+. The molecule has 236 valence electrons. The minimum atomic E-state index is -0.572. The first kappa shape index (κ1) is 31.3. The number of rotatable bonds is 8. The Labute approximate surface area is 259 Å². The second kappa shape index (κ2) is 13.2. The number of anilines is 5. The SMILES string of the molecule is COc1cc(NC(=O)c2ccc(Nc3nc(N4C[C@H](N)C[C@H](N)C4)nc(N4C[C@H](N)C[C@H](N)C4)n3)cc2O)c(OC)cc1Cl. The zero-order valence-corrected chi connectivity index (χ0v) is 25.3. The molecule has 16 heteroatoms. The number of halogens is 1. The highest BCUT2D eigenvalue weighted by Gasteiger charge is 2.29. The number of phenolic OH excluding ortho intramolecular Hbond substituents is 1. The molecule has 3 heterocycles. The number of hydrogen-bond donors (Lipinski definition) is 7. The quantitative estimate of drug-likeness (QED) is 0.185. The molecule has 0 unspecified atom stereocenters. The van der Waals surface area contributed by atoms with Gasteiger partial charge in [-0.2, -0.15) is 15.0 Å². The number of ether oxygens (including phenoxy) is 2. The van der Waals surface area contributed by atoms with Crippen LogP contribution in [0.5, 0.6) is 17.2 Å². The lowest BCUT2D eigenvalue weighted by Crippen LogP contribution is -2.54. The van der Waals surface area contributed by atoms with Gasteiger partial charge in [0.2, 0.25) is 17.8 Å². The fraction of sp³-hybridized carbons (Fsp3) is 0.429. The molecule has 4 atom stereocenters.